The zero-order valence-corrected chi connectivity index (χ0v) is 11.4. The smallest absolute Gasteiger partial charge is 0.0667 e. The number of rotatable bonds is 5. The topological polar surface area (TPSA) is 23.8 Å². The highest BCUT2D eigenvalue weighted by atomic mass is 32.2. The zero-order chi connectivity index (χ0) is 11.7. The Morgan fingerprint density at radius 3 is 2.29 bits per heavy atom. The molecule has 3 saturated carbocycles. The maximum Gasteiger partial charge on any atom is 0.0667 e. The largest absolute Gasteiger partial charge is 0.198 e. The molecule has 3 fully saturated rings. The highest BCUT2D eigenvalue weighted by Gasteiger charge is 2.35. The maximum atomic E-state index is 9.35. The van der Waals surface area contributed by atoms with E-state index in [4.69, 9.17) is 0 Å². The molecule has 3 aliphatic carbocycles. The van der Waals surface area contributed by atoms with Crippen molar-refractivity contribution >= 4 is 11.8 Å². The molecular weight excluding hydrogens is 226 g/mol. The molecule has 94 valence electrons. The molecule has 2 heteroatoms. The SMILES string of the molecule is N#CC1CC(CC2CC2)CCC1SCC1CC1. The molecule has 0 aromatic rings. The van der Waals surface area contributed by atoms with E-state index in [9.17, 15) is 5.26 Å². The predicted octanol–water partition coefficient (Wildman–Crippen LogP) is 4.24. The molecule has 0 amide bonds. The van der Waals surface area contributed by atoms with Gasteiger partial charge in [0.2, 0.25) is 0 Å². The third-order valence-electron chi connectivity index (χ3n) is 4.67. The van der Waals surface area contributed by atoms with Crippen LogP contribution in [0.5, 0.6) is 0 Å². The molecule has 0 aromatic heterocycles. The van der Waals surface area contributed by atoms with E-state index in [1.165, 1.54) is 57.1 Å². The summed E-state index contributed by atoms with van der Waals surface area (Å²) in [6.07, 6.45) is 11.2. The summed E-state index contributed by atoms with van der Waals surface area (Å²) in [5.74, 6) is 4.61. The summed E-state index contributed by atoms with van der Waals surface area (Å²) < 4.78 is 0. The first-order valence-electron chi connectivity index (χ1n) is 7.36. The molecule has 1 nitrogen and oxygen atoms in total. The van der Waals surface area contributed by atoms with Crippen LogP contribution in [0.15, 0.2) is 0 Å². The third kappa shape index (κ3) is 3.41. The normalized spacial score (nSPS) is 37.7. The number of hydrogen-bond acceptors (Lipinski definition) is 2. The lowest BCUT2D eigenvalue weighted by Crippen LogP contribution is -2.26. The number of nitrogens with zero attached hydrogens (tertiary/aromatic N) is 1. The summed E-state index contributed by atoms with van der Waals surface area (Å²) >= 11 is 2.11. The highest BCUT2D eigenvalue weighted by molar-refractivity contribution is 7.99. The summed E-state index contributed by atoms with van der Waals surface area (Å²) in [4.78, 5) is 0. The minimum absolute atomic E-state index is 0.358. The van der Waals surface area contributed by atoms with E-state index >= 15 is 0 Å². The second-order valence-electron chi connectivity index (χ2n) is 6.41. The van der Waals surface area contributed by atoms with Crippen LogP contribution < -0.4 is 0 Å². The van der Waals surface area contributed by atoms with Gasteiger partial charge in [0.05, 0.1) is 12.0 Å². The monoisotopic (exact) mass is 249 g/mol. The Labute approximate surface area is 109 Å². The van der Waals surface area contributed by atoms with Gasteiger partial charge < -0.3 is 0 Å². The Hall–Kier alpha value is -0.160. The summed E-state index contributed by atoms with van der Waals surface area (Å²) in [5.41, 5.74) is 0. The van der Waals surface area contributed by atoms with Crippen molar-refractivity contribution < 1.29 is 0 Å². The molecule has 0 aliphatic heterocycles. The van der Waals surface area contributed by atoms with Gasteiger partial charge in [0, 0.05) is 5.25 Å². The van der Waals surface area contributed by atoms with Gasteiger partial charge in [-0.25, -0.2) is 0 Å². The zero-order valence-electron chi connectivity index (χ0n) is 10.6. The van der Waals surface area contributed by atoms with E-state index in [1.54, 1.807) is 0 Å². The summed E-state index contributed by atoms with van der Waals surface area (Å²) in [7, 11) is 0. The first kappa shape index (κ1) is 11.9. The molecule has 0 aromatic carbocycles. The van der Waals surface area contributed by atoms with Crippen molar-refractivity contribution in [3.8, 4) is 6.07 Å². The Kier molecular flexibility index (Phi) is 3.66. The van der Waals surface area contributed by atoms with E-state index in [-0.39, 0.29) is 0 Å². The van der Waals surface area contributed by atoms with E-state index < -0.39 is 0 Å². The molecule has 3 atom stereocenters. The molecule has 0 bridgehead atoms. The number of nitriles is 1. The summed E-state index contributed by atoms with van der Waals surface area (Å²) in [6.45, 7) is 0. The van der Waals surface area contributed by atoms with Crippen LogP contribution in [0.25, 0.3) is 0 Å². The number of hydrogen-bond donors (Lipinski definition) is 0. The van der Waals surface area contributed by atoms with Crippen molar-refractivity contribution in [1.82, 2.24) is 0 Å². The fourth-order valence-electron chi connectivity index (χ4n) is 3.15. The van der Waals surface area contributed by atoms with Gasteiger partial charge in [-0.3, -0.25) is 0 Å². The standard InChI is InChI=1S/C15H23NS/c16-9-14-8-13(7-11-1-2-11)5-6-15(14)17-10-12-3-4-12/h11-15H,1-8,10H2. The molecule has 0 heterocycles. The van der Waals surface area contributed by atoms with Gasteiger partial charge in [0.25, 0.3) is 0 Å². The minimum atomic E-state index is 0.358. The average molecular weight is 249 g/mol. The quantitative estimate of drug-likeness (QED) is 0.727. The second kappa shape index (κ2) is 5.22. The molecular formula is C15H23NS. The average Bonchev–Trinajstić information content (AvgIpc) is 3.21. The number of thioether (sulfide) groups is 1. The van der Waals surface area contributed by atoms with Crippen molar-refractivity contribution in [2.45, 2.75) is 56.6 Å². The van der Waals surface area contributed by atoms with Crippen LogP contribution in [0, 0.1) is 35.0 Å². The second-order valence-corrected chi connectivity index (χ2v) is 7.68. The van der Waals surface area contributed by atoms with E-state index in [0.717, 1.165) is 17.8 Å². The van der Waals surface area contributed by atoms with Gasteiger partial charge in [-0.2, -0.15) is 17.0 Å². The van der Waals surface area contributed by atoms with Gasteiger partial charge in [-0.05, 0) is 62.0 Å². The van der Waals surface area contributed by atoms with Crippen molar-refractivity contribution in [3.05, 3.63) is 0 Å². The first-order valence-corrected chi connectivity index (χ1v) is 8.41. The lowest BCUT2D eigenvalue weighted by molar-refractivity contribution is 0.291. The molecule has 0 spiro atoms. The van der Waals surface area contributed by atoms with Crippen LogP contribution in [0.3, 0.4) is 0 Å². The van der Waals surface area contributed by atoms with Crippen LogP contribution in [0.2, 0.25) is 0 Å². The molecule has 0 N–H and O–H groups in total. The Morgan fingerprint density at radius 1 is 0.941 bits per heavy atom. The van der Waals surface area contributed by atoms with Crippen LogP contribution in [0.1, 0.15) is 51.4 Å². The van der Waals surface area contributed by atoms with Crippen LogP contribution in [-0.4, -0.2) is 11.0 Å². The Balaban J connectivity index is 1.46. The lowest BCUT2D eigenvalue weighted by Gasteiger charge is -2.32. The Bertz CT molecular complexity index is 301. The fraction of sp³-hybridized carbons (Fsp3) is 0.933. The van der Waals surface area contributed by atoms with Gasteiger partial charge in [-0.1, -0.05) is 12.8 Å². The highest BCUT2D eigenvalue weighted by Crippen LogP contribution is 2.45. The van der Waals surface area contributed by atoms with Crippen molar-refractivity contribution in [3.63, 3.8) is 0 Å². The maximum absolute atomic E-state index is 9.35. The molecule has 3 aliphatic rings. The van der Waals surface area contributed by atoms with Crippen LogP contribution in [-0.2, 0) is 0 Å². The van der Waals surface area contributed by atoms with Crippen molar-refractivity contribution in [2.75, 3.05) is 5.75 Å². The Morgan fingerprint density at radius 2 is 1.65 bits per heavy atom. The lowest BCUT2D eigenvalue weighted by atomic mass is 9.79. The molecule has 0 saturated heterocycles. The first-order chi connectivity index (χ1) is 8.35. The summed E-state index contributed by atoms with van der Waals surface area (Å²) in [5, 5.41) is 10.0. The van der Waals surface area contributed by atoms with Crippen molar-refractivity contribution in [2.24, 2.45) is 23.7 Å². The molecule has 0 radical (unpaired) electrons. The van der Waals surface area contributed by atoms with Crippen LogP contribution >= 0.6 is 11.8 Å². The van der Waals surface area contributed by atoms with Gasteiger partial charge in [0.15, 0.2) is 0 Å². The fourth-order valence-corrected chi connectivity index (χ4v) is 4.71. The van der Waals surface area contributed by atoms with Crippen molar-refractivity contribution in [1.29, 1.82) is 5.26 Å². The summed E-state index contributed by atoms with van der Waals surface area (Å²) in [6, 6.07) is 2.60. The molecule has 3 rings (SSSR count). The predicted molar refractivity (Wildman–Crippen MR) is 72.8 cm³/mol. The third-order valence-corrected chi connectivity index (χ3v) is 6.32. The minimum Gasteiger partial charge on any atom is -0.198 e. The van der Waals surface area contributed by atoms with Gasteiger partial charge in [0.1, 0.15) is 0 Å². The molecule has 3 unspecified atom stereocenters. The van der Waals surface area contributed by atoms with E-state index in [2.05, 4.69) is 17.8 Å². The van der Waals surface area contributed by atoms with Gasteiger partial charge >= 0.3 is 0 Å². The van der Waals surface area contributed by atoms with E-state index in [0.29, 0.717) is 11.2 Å². The van der Waals surface area contributed by atoms with Gasteiger partial charge in [-0.15, -0.1) is 0 Å². The van der Waals surface area contributed by atoms with E-state index in [1.807, 2.05) is 0 Å². The van der Waals surface area contributed by atoms with Crippen LogP contribution in [0.4, 0.5) is 0 Å². The molecule has 17 heavy (non-hydrogen) atoms.